The van der Waals surface area contributed by atoms with E-state index in [-0.39, 0.29) is 23.9 Å². The monoisotopic (exact) mass is 834 g/mol. The molecular weight excluding hydrogens is 781 g/mol. The van der Waals surface area contributed by atoms with Crippen LogP contribution in [-0.4, -0.2) is 92.2 Å². The molecule has 2 aliphatic heterocycles. The number of amides is 4. The largest absolute Gasteiger partial charge is 0.431 e. The van der Waals surface area contributed by atoms with Crippen LogP contribution >= 0.6 is 0 Å². The third-order valence-electron chi connectivity index (χ3n) is 11.6. The van der Waals surface area contributed by atoms with Crippen molar-refractivity contribution in [1.82, 2.24) is 35.0 Å². The van der Waals surface area contributed by atoms with E-state index in [2.05, 4.69) is 44.9 Å². The van der Waals surface area contributed by atoms with Crippen LogP contribution in [0.25, 0.3) is 33.4 Å². The number of aromatic amines is 2. The van der Waals surface area contributed by atoms with E-state index in [4.69, 9.17) is 9.72 Å². The molecule has 13 nitrogen and oxygen atoms in total. The molecule has 4 amide bonds. The lowest BCUT2D eigenvalue weighted by atomic mass is 10.0. The summed E-state index contributed by atoms with van der Waals surface area (Å²) in [4.78, 5) is 71.8. The molecule has 2 aromatic heterocycles. The van der Waals surface area contributed by atoms with Crippen LogP contribution in [0.2, 0.25) is 0 Å². The zero-order valence-electron chi connectivity index (χ0n) is 35.9. The van der Waals surface area contributed by atoms with Gasteiger partial charge in [0.05, 0.1) is 17.9 Å². The second-order valence-electron chi connectivity index (χ2n) is 17.5. The van der Waals surface area contributed by atoms with E-state index in [1.165, 1.54) is 4.90 Å². The first-order valence-corrected chi connectivity index (χ1v) is 21.3. The van der Waals surface area contributed by atoms with Crippen molar-refractivity contribution < 1.29 is 23.9 Å². The molecule has 0 saturated carbocycles. The Morgan fingerprint density at radius 3 is 2.08 bits per heavy atom. The minimum Gasteiger partial charge on any atom is -0.431 e. The van der Waals surface area contributed by atoms with Crippen LogP contribution < -0.4 is 10.6 Å². The maximum absolute atomic E-state index is 14.0. The molecule has 2 saturated heterocycles. The Bertz CT molecular complexity index is 2540. The number of anilines is 1. The van der Waals surface area contributed by atoms with Gasteiger partial charge in [0.25, 0.3) is 5.91 Å². The number of likely N-dealkylation sites (tertiary alicyclic amines) is 2. The summed E-state index contributed by atoms with van der Waals surface area (Å²) in [5.74, 6) is 0.130. The van der Waals surface area contributed by atoms with Gasteiger partial charge in [0.15, 0.2) is 0 Å². The molecule has 2 aliphatic rings. The lowest BCUT2D eigenvalue weighted by Crippen LogP contribution is -2.47. The molecule has 4 atom stereocenters. The van der Waals surface area contributed by atoms with Gasteiger partial charge < -0.3 is 35.1 Å². The van der Waals surface area contributed by atoms with E-state index >= 15 is 0 Å². The highest BCUT2D eigenvalue weighted by Crippen LogP contribution is 2.36. The number of hydrogen-bond donors (Lipinski definition) is 4. The first-order valence-electron chi connectivity index (χ1n) is 21.3. The van der Waals surface area contributed by atoms with E-state index in [9.17, 15) is 19.2 Å². The van der Waals surface area contributed by atoms with Crippen LogP contribution in [0.1, 0.15) is 81.6 Å². The number of aromatic nitrogens is 3. The van der Waals surface area contributed by atoms with Crippen LogP contribution in [0.4, 0.5) is 10.5 Å². The number of ether oxygens (including phenoxy) is 1. The molecule has 320 valence electrons. The maximum atomic E-state index is 14.0. The average Bonchev–Trinajstić information content (AvgIpc) is 4.09. The number of likely N-dealkylation sites (N-methyl/N-ethyl adjacent to an activating group) is 1. The molecule has 2 fully saturated rings. The number of carbonyl (C=O) groups is 4. The molecule has 13 heteroatoms. The van der Waals surface area contributed by atoms with E-state index in [1.807, 2.05) is 112 Å². The van der Waals surface area contributed by atoms with Gasteiger partial charge in [-0.3, -0.25) is 19.3 Å². The van der Waals surface area contributed by atoms with Crippen LogP contribution in [0, 0.1) is 0 Å². The molecule has 62 heavy (non-hydrogen) atoms. The number of carbonyl (C=O) groups excluding carboxylic acids is 4. The molecule has 4 aromatic carbocycles. The number of nitrogens with zero attached hydrogens (tertiary/aromatic N) is 4. The fourth-order valence-corrected chi connectivity index (χ4v) is 8.63. The molecule has 0 unspecified atom stereocenters. The summed E-state index contributed by atoms with van der Waals surface area (Å²) in [5, 5.41) is 6.71. The van der Waals surface area contributed by atoms with Crippen LogP contribution in [0.5, 0.6) is 0 Å². The van der Waals surface area contributed by atoms with Crippen LogP contribution in [0.15, 0.2) is 115 Å². The summed E-state index contributed by atoms with van der Waals surface area (Å²) < 4.78 is 5.71. The maximum Gasteiger partial charge on any atom is 0.408 e. The van der Waals surface area contributed by atoms with Crippen molar-refractivity contribution in [2.75, 3.05) is 32.5 Å². The zero-order chi connectivity index (χ0) is 43.5. The van der Waals surface area contributed by atoms with Gasteiger partial charge in [0.1, 0.15) is 17.9 Å². The van der Waals surface area contributed by atoms with Crippen molar-refractivity contribution in [3.63, 3.8) is 0 Å². The van der Waals surface area contributed by atoms with E-state index < -0.39 is 29.7 Å². The van der Waals surface area contributed by atoms with Gasteiger partial charge >= 0.3 is 6.09 Å². The summed E-state index contributed by atoms with van der Waals surface area (Å²) in [6, 6.07) is 33.5. The number of rotatable bonds is 11. The number of hydrogen-bond acceptors (Lipinski definition) is 7. The van der Waals surface area contributed by atoms with E-state index in [0.717, 1.165) is 57.6 Å². The van der Waals surface area contributed by atoms with Crippen molar-refractivity contribution in [1.29, 1.82) is 0 Å². The van der Waals surface area contributed by atoms with Gasteiger partial charge in [0.2, 0.25) is 17.9 Å². The van der Waals surface area contributed by atoms with Gasteiger partial charge in [0, 0.05) is 46.5 Å². The van der Waals surface area contributed by atoms with Crippen molar-refractivity contribution >= 4 is 40.4 Å². The Labute approximate surface area is 361 Å². The molecule has 0 aliphatic carbocycles. The zero-order valence-corrected chi connectivity index (χ0v) is 35.9. The Balaban J connectivity index is 0.928. The number of benzene rings is 4. The smallest absolute Gasteiger partial charge is 0.408 e. The predicted octanol–water partition coefficient (Wildman–Crippen LogP) is 8.39. The summed E-state index contributed by atoms with van der Waals surface area (Å²) in [7, 11) is 3.88. The Morgan fingerprint density at radius 2 is 1.40 bits per heavy atom. The van der Waals surface area contributed by atoms with Crippen molar-refractivity contribution in [2.24, 2.45) is 0 Å². The quantitative estimate of drug-likeness (QED) is 0.102. The molecule has 4 heterocycles. The average molecular weight is 835 g/mol. The molecule has 0 radical (unpaired) electrons. The second-order valence-corrected chi connectivity index (χ2v) is 17.5. The molecular formula is C49H54N8O5. The summed E-state index contributed by atoms with van der Waals surface area (Å²) in [5.41, 5.74) is 6.24. The Morgan fingerprint density at radius 1 is 0.758 bits per heavy atom. The number of nitrogens with one attached hydrogen (secondary N) is 4. The molecule has 4 N–H and O–H groups in total. The second kappa shape index (κ2) is 17.7. The number of imidazole rings is 1. The third kappa shape index (κ3) is 9.13. The SMILES string of the molecule is CN(C)[C@@H](C(=O)N1CCC[C@H]1c1ncc(-c2ccc(-c3cc4cc(NC(=O)[C@@H]5CCCN5C(=O)[C@H](OC(=O)NC(C)(C)C)c5ccccc5)ccc4[nH]3)cc2)[nH]1)c1ccccc1. The van der Waals surface area contributed by atoms with Crippen molar-refractivity contribution in [2.45, 2.75) is 76.2 Å². The number of alkyl carbamates (subject to hydrolysis) is 1. The topological polar surface area (TPSA) is 156 Å². The Hall–Kier alpha value is -6.73. The normalized spacial score (nSPS) is 17.6. The summed E-state index contributed by atoms with van der Waals surface area (Å²) in [6.45, 7) is 6.56. The van der Waals surface area contributed by atoms with Gasteiger partial charge in [-0.15, -0.1) is 0 Å². The minimum atomic E-state index is -1.20. The van der Waals surface area contributed by atoms with Crippen LogP contribution in [-0.2, 0) is 19.1 Å². The highest BCUT2D eigenvalue weighted by Gasteiger charge is 2.40. The minimum absolute atomic E-state index is 0.0780. The highest BCUT2D eigenvalue weighted by atomic mass is 16.6. The fourth-order valence-electron chi connectivity index (χ4n) is 8.63. The molecule has 0 bridgehead atoms. The molecule has 0 spiro atoms. The number of fused-ring (bicyclic) bond motifs is 1. The van der Waals surface area contributed by atoms with Gasteiger partial charge in [-0.05, 0) is 102 Å². The van der Waals surface area contributed by atoms with Crippen molar-refractivity contribution in [3.8, 4) is 22.5 Å². The fraction of sp³-hybridized carbons (Fsp3) is 0.327. The van der Waals surface area contributed by atoms with Crippen LogP contribution in [0.3, 0.4) is 0 Å². The van der Waals surface area contributed by atoms with Gasteiger partial charge in [-0.25, -0.2) is 9.78 Å². The van der Waals surface area contributed by atoms with Crippen molar-refractivity contribution in [3.05, 3.63) is 132 Å². The predicted molar refractivity (Wildman–Crippen MR) is 240 cm³/mol. The summed E-state index contributed by atoms with van der Waals surface area (Å²) in [6.07, 6.45) is 2.84. The first kappa shape index (κ1) is 42.0. The van der Waals surface area contributed by atoms with E-state index in [0.29, 0.717) is 37.2 Å². The molecule has 6 aromatic rings. The highest BCUT2D eigenvalue weighted by molar-refractivity contribution is 6.00. The Kier molecular flexibility index (Phi) is 12.0. The standard InChI is InChI=1S/C49H54N8O5/c1-49(2,3)54-48(61)62-43(34-16-10-7-11-17-34)47(60)57-27-13-19-41(57)45(58)51-36-24-25-37-35(28-36)29-38(52-37)31-20-22-32(23-21-31)39-30-50-44(53-39)40-18-12-26-56(40)46(59)42(55(4)5)33-14-8-6-9-15-33/h6-11,14-17,20-25,28-30,40-43,52H,12-13,18-19,26-27H2,1-5H3,(H,50,53)(H,51,58)(H,54,61)/t40-,41-,42+,43+/m0/s1. The van der Waals surface area contributed by atoms with E-state index in [1.54, 1.807) is 24.3 Å². The molecule has 8 rings (SSSR count). The summed E-state index contributed by atoms with van der Waals surface area (Å²) >= 11 is 0. The first-order chi connectivity index (χ1) is 29.8. The number of H-pyrrole nitrogens is 2. The van der Waals surface area contributed by atoms with Gasteiger partial charge in [-0.1, -0.05) is 84.9 Å². The third-order valence-corrected chi connectivity index (χ3v) is 11.6. The lowest BCUT2D eigenvalue weighted by molar-refractivity contribution is -0.144. The van der Waals surface area contributed by atoms with Gasteiger partial charge in [-0.2, -0.15) is 0 Å². The lowest BCUT2D eigenvalue weighted by Gasteiger charge is -2.31.